The van der Waals surface area contributed by atoms with Crippen molar-refractivity contribution in [2.45, 2.75) is 12.6 Å². The second-order valence-electron chi connectivity index (χ2n) is 6.66. The van der Waals surface area contributed by atoms with E-state index in [2.05, 4.69) is 0 Å². The van der Waals surface area contributed by atoms with Crippen LogP contribution in [0.25, 0.3) is 0 Å². The summed E-state index contributed by atoms with van der Waals surface area (Å²) in [6.07, 6.45) is -4.67. The normalized spacial score (nSPS) is 14.7. The van der Waals surface area contributed by atoms with Gasteiger partial charge in [-0.25, -0.2) is 10.2 Å². The zero-order valence-electron chi connectivity index (χ0n) is 16.0. The lowest BCUT2D eigenvalue weighted by molar-refractivity contribution is -0.140. The molecule has 10 heteroatoms. The Morgan fingerprint density at radius 1 is 1.17 bits per heavy atom. The topological polar surface area (TPSA) is 84.8 Å². The average molecular weight is 424 g/mol. The number of anilines is 1. The highest BCUT2D eigenvalue weighted by molar-refractivity contribution is 5.95. The van der Waals surface area contributed by atoms with Gasteiger partial charge in [-0.1, -0.05) is 18.2 Å². The van der Waals surface area contributed by atoms with E-state index < -0.39 is 29.0 Å². The smallest absolute Gasteiger partial charge is 0.419 e. The van der Waals surface area contributed by atoms with Gasteiger partial charge < -0.3 is 15.4 Å². The predicted molar refractivity (Wildman–Crippen MR) is 103 cm³/mol. The van der Waals surface area contributed by atoms with Crippen molar-refractivity contribution in [1.82, 2.24) is 4.90 Å². The summed E-state index contributed by atoms with van der Waals surface area (Å²) in [6.45, 7) is 0.000102. The minimum atomic E-state index is -4.90. The lowest BCUT2D eigenvalue weighted by Crippen LogP contribution is -2.44. The fourth-order valence-corrected chi connectivity index (χ4v) is 3.29. The van der Waals surface area contributed by atoms with Crippen molar-refractivity contribution in [3.8, 4) is 5.75 Å². The Balaban J connectivity index is 1.85. The second-order valence-corrected chi connectivity index (χ2v) is 6.66. The number of hydrogen-bond acceptors (Lipinski definition) is 5. The number of alkyl halides is 3. The monoisotopic (exact) mass is 424 g/mol. The molecule has 0 aromatic heterocycles. The maximum Gasteiger partial charge on any atom is 0.419 e. The van der Waals surface area contributed by atoms with Crippen LogP contribution in [0.3, 0.4) is 0 Å². The second kappa shape index (κ2) is 8.23. The van der Waals surface area contributed by atoms with Gasteiger partial charge in [-0.15, -0.1) is 0 Å². The molecule has 0 fully saturated rings. The zero-order valence-corrected chi connectivity index (χ0v) is 16.0. The van der Waals surface area contributed by atoms with Crippen molar-refractivity contribution in [2.75, 3.05) is 25.2 Å². The van der Waals surface area contributed by atoms with E-state index in [-0.39, 0.29) is 25.2 Å². The van der Waals surface area contributed by atoms with Gasteiger partial charge in [0.15, 0.2) is 0 Å². The first-order valence-electron chi connectivity index (χ1n) is 8.95. The average Bonchev–Trinajstić information content (AvgIpc) is 2.72. The molecule has 1 amide bonds. The first kappa shape index (κ1) is 21.4. The maximum absolute atomic E-state index is 14.3. The standard InChI is InChI=1S/C20H20F4N4O2/c1-30-17-8-3-2-7-16(17)28(26)15-9-10-27(11-14(15)25)19(29)12-5-4-6-13(18(12)21)20(22,23)24/h2-8H,9-11,25-26H2,1H3. The number of methoxy groups -OCH3 is 1. The molecule has 160 valence electrons. The molecule has 2 aromatic carbocycles. The number of nitrogens with two attached hydrogens (primary N) is 2. The molecule has 4 N–H and O–H groups in total. The van der Waals surface area contributed by atoms with Gasteiger partial charge >= 0.3 is 6.18 Å². The first-order chi connectivity index (χ1) is 14.1. The van der Waals surface area contributed by atoms with E-state index >= 15 is 0 Å². The third-order valence-electron chi connectivity index (χ3n) is 4.81. The van der Waals surface area contributed by atoms with Crippen molar-refractivity contribution in [1.29, 1.82) is 0 Å². The minimum Gasteiger partial charge on any atom is -0.495 e. The number of amides is 1. The van der Waals surface area contributed by atoms with E-state index in [4.69, 9.17) is 16.3 Å². The summed E-state index contributed by atoms with van der Waals surface area (Å²) in [7, 11) is 1.50. The Kier molecular flexibility index (Phi) is 5.88. The summed E-state index contributed by atoms with van der Waals surface area (Å²) in [4.78, 5) is 13.9. The van der Waals surface area contributed by atoms with Crippen LogP contribution < -0.4 is 21.3 Å². The summed E-state index contributed by atoms with van der Waals surface area (Å²) in [5.74, 6) is 4.23. The van der Waals surface area contributed by atoms with Gasteiger partial charge in [0.2, 0.25) is 0 Å². The molecule has 1 aliphatic heterocycles. The molecule has 0 aliphatic carbocycles. The van der Waals surface area contributed by atoms with Crippen LogP contribution in [-0.2, 0) is 6.18 Å². The Hall–Kier alpha value is -3.27. The van der Waals surface area contributed by atoms with Crippen LogP contribution >= 0.6 is 0 Å². The first-order valence-corrected chi connectivity index (χ1v) is 8.95. The van der Waals surface area contributed by atoms with E-state index in [9.17, 15) is 22.4 Å². The van der Waals surface area contributed by atoms with Crippen LogP contribution in [0.1, 0.15) is 22.3 Å². The van der Waals surface area contributed by atoms with Gasteiger partial charge in [0, 0.05) is 18.7 Å². The van der Waals surface area contributed by atoms with Crippen molar-refractivity contribution in [3.05, 3.63) is 70.8 Å². The number of carbonyl (C=O) groups excluding carboxylic acids is 1. The Morgan fingerprint density at radius 3 is 2.50 bits per heavy atom. The minimum absolute atomic E-state index is 0.104. The molecule has 0 saturated heterocycles. The van der Waals surface area contributed by atoms with Gasteiger partial charge in [0.1, 0.15) is 11.6 Å². The summed E-state index contributed by atoms with van der Waals surface area (Å²) >= 11 is 0. The molecule has 0 atom stereocenters. The summed E-state index contributed by atoms with van der Waals surface area (Å²) in [5.41, 5.74) is 5.30. The summed E-state index contributed by atoms with van der Waals surface area (Å²) in [6, 6.07) is 9.61. The van der Waals surface area contributed by atoms with Crippen molar-refractivity contribution in [3.63, 3.8) is 0 Å². The third kappa shape index (κ3) is 4.04. The molecule has 0 bridgehead atoms. The molecular formula is C20H20F4N4O2. The van der Waals surface area contributed by atoms with Crippen LogP contribution in [-0.4, -0.2) is 31.0 Å². The molecule has 1 aliphatic rings. The zero-order chi connectivity index (χ0) is 22.1. The van der Waals surface area contributed by atoms with Gasteiger partial charge in [-0.05, 0) is 24.3 Å². The largest absolute Gasteiger partial charge is 0.495 e. The van der Waals surface area contributed by atoms with Crippen LogP contribution in [0.15, 0.2) is 53.9 Å². The molecule has 0 spiro atoms. The number of halogens is 4. The quantitative estimate of drug-likeness (QED) is 0.447. The predicted octanol–water partition coefficient (Wildman–Crippen LogP) is 3.25. The number of hydrazine groups is 1. The molecule has 0 saturated carbocycles. The highest BCUT2D eigenvalue weighted by atomic mass is 19.4. The molecule has 2 aromatic rings. The Morgan fingerprint density at radius 2 is 1.87 bits per heavy atom. The third-order valence-corrected chi connectivity index (χ3v) is 4.81. The Bertz CT molecular complexity index is 991. The van der Waals surface area contributed by atoms with Gasteiger partial charge in [0.25, 0.3) is 5.91 Å². The number of rotatable bonds is 4. The Labute approximate surface area is 170 Å². The number of benzene rings is 2. The van der Waals surface area contributed by atoms with Crippen LogP contribution in [0.5, 0.6) is 5.75 Å². The maximum atomic E-state index is 14.3. The van der Waals surface area contributed by atoms with E-state index in [0.717, 1.165) is 12.1 Å². The molecular weight excluding hydrogens is 404 g/mol. The van der Waals surface area contributed by atoms with Crippen molar-refractivity contribution >= 4 is 11.6 Å². The molecule has 0 radical (unpaired) electrons. The molecule has 3 rings (SSSR count). The lowest BCUT2D eigenvalue weighted by atomic mass is 10.1. The molecule has 30 heavy (non-hydrogen) atoms. The van der Waals surface area contributed by atoms with Gasteiger partial charge in [0.05, 0.1) is 36.2 Å². The fraction of sp³-hybridized carbons (Fsp3) is 0.250. The highest BCUT2D eigenvalue weighted by Gasteiger charge is 2.36. The van der Waals surface area contributed by atoms with Crippen LogP contribution in [0, 0.1) is 5.82 Å². The molecule has 0 unspecified atom stereocenters. The van der Waals surface area contributed by atoms with Crippen molar-refractivity contribution in [2.24, 2.45) is 11.6 Å². The number of nitrogens with zero attached hydrogens (tertiary/aromatic N) is 2. The molecule has 6 nitrogen and oxygen atoms in total. The van der Waals surface area contributed by atoms with Gasteiger partial charge in [-0.3, -0.25) is 9.80 Å². The van der Waals surface area contributed by atoms with E-state index in [1.807, 2.05) is 0 Å². The summed E-state index contributed by atoms with van der Waals surface area (Å²) in [5, 5.41) is 1.35. The van der Waals surface area contributed by atoms with Crippen LogP contribution in [0.2, 0.25) is 0 Å². The number of ether oxygens (including phenoxy) is 1. The highest BCUT2D eigenvalue weighted by Crippen LogP contribution is 2.34. The van der Waals surface area contributed by atoms with E-state index in [1.165, 1.54) is 17.0 Å². The SMILES string of the molecule is COc1ccccc1N(N)C1=C(N)CN(C(=O)c2cccc(C(F)(F)F)c2F)CC1. The van der Waals surface area contributed by atoms with E-state index in [0.29, 0.717) is 23.2 Å². The summed E-state index contributed by atoms with van der Waals surface area (Å²) < 4.78 is 58.4. The number of carbonyl (C=O) groups is 1. The van der Waals surface area contributed by atoms with E-state index in [1.54, 1.807) is 24.3 Å². The molecule has 1 heterocycles. The number of hydrogen-bond donors (Lipinski definition) is 2. The van der Waals surface area contributed by atoms with Crippen molar-refractivity contribution < 1.29 is 27.1 Å². The number of para-hydroxylation sites is 2. The van der Waals surface area contributed by atoms with Crippen LogP contribution in [0.4, 0.5) is 23.2 Å². The van der Waals surface area contributed by atoms with Gasteiger partial charge in [-0.2, -0.15) is 13.2 Å². The lowest BCUT2D eigenvalue weighted by Gasteiger charge is -2.33. The fourth-order valence-electron chi connectivity index (χ4n) is 3.29.